The molecule has 0 N–H and O–H groups in total. The van der Waals surface area contributed by atoms with Crippen molar-refractivity contribution in [2.45, 2.75) is 20.8 Å². The van der Waals surface area contributed by atoms with E-state index in [2.05, 4.69) is 26.3 Å². The fourth-order valence-corrected chi connectivity index (χ4v) is 2.94. The van der Waals surface area contributed by atoms with Crippen molar-refractivity contribution in [3.8, 4) is 0 Å². The van der Waals surface area contributed by atoms with Gasteiger partial charge in [0.05, 0.1) is 19.8 Å². The van der Waals surface area contributed by atoms with Crippen molar-refractivity contribution in [3.05, 3.63) is 49.3 Å². The lowest BCUT2D eigenvalue weighted by atomic mass is 10.6. The third-order valence-electron chi connectivity index (χ3n) is 2.59. The summed E-state index contributed by atoms with van der Waals surface area (Å²) in [6, 6.07) is 0. The standard InChI is InChI=1S/C17H24O9Si/c1-8-21-12(5)15(18)24-27(11-4,25-16(19)13(6)22-9-2)26-17(20)14(7)23-10-3/h11H,4-10H2,1-3H3. The van der Waals surface area contributed by atoms with E-state index in [1.54, 1.807) is 20.8 Å². The smallest absolute Gasteiger partial charge is 0.487 e. The molecule has 0 radical (unpaired) electrons. The first-order valence-corrected chi connectivity index (χ1v) is 9.75. The number of carbonyl (C=O) groups is 3. The second-order valence-electron chi connectivity index (χ2n) is 4.54. The quantitative estimate of drug-likeness (QED) is 0.260. The van der Waals surface area contributed by atoms with Gasteiger partial charge in [0.25, 0.3) is 0 Å². The SMILES string of the molecule is C=C[Si](OC(=O)C(=C)OCC)(OC(=O)C(=C)OCC)OC(=O)C(=C)OCC. The molecule has 0 atom stereocenters. The molecule has 9 nitrogen and oxygen atoms in total. The zero-order valence-corrected chi connectivity index (χ0v) is 16.7. The molecular formula is C17H24O9Si. The van der Waals surface area contributed by atoms with Gasteiger partial charge in [-0.25, -0.2) is 14.4 Å². The van der Waals surface area contributed by atoms with Crippen LogP contribution in [0.3, 0.4) is 0 Å². The Kier molecular flexibility index (Phi) is 10.3. The summed E-state index contributed by atoms with van der Waals surface area (Å²) in [6.45, 7) is 18.8. The van der Waals surface area contributed by atoms with Crippen LogP contribution < -0.4 is 0 Å². The maximum atomic E-state index is 12.1. The Hall–Kier alpha value is -3.01. The molecule has 0 aliphatic carbocycles. The van der Waals surface area contributed by atoms with Crippen molar-refractivity contribution in [2.24, 2.45) is 0 Å². The highest BCUT2D eigenvalue weighted by atomic mass is 28.4. The van der Waals surface area contributed by atoms with Crippen molar-refractivity contribution in [3.63, 3.8) is 0 Å². The molecule has 27 heavy (non-hydrogen) atoms. The van der Waals surface area contributed by atoms with Crippen LogP contribution in [0.25, 0.3) is 0 Å². The molecule has 0 unspecified atom stereocenters. The van der Waals surface area contributed by atoms with Gasteiger partial charge in [-0.05, 0) is 40.5 Å². The minimum atomic E-state index is -4.44. The minimum Gasteiger partial charge on any atom is -0.487 e. The highest BCUT2D eigenvalue weighted by Gasteiger charge is 2.52. The molecule has 150 valence electrons. The van der Waals surface area contributed by atoms with E-state index < -0.39 is 26.7 Å². The first-order chi connectivity index (χ1) is 12.7. The Balaban J connectivity index is 5.63. The van der Waals surface area contributed by atoms with Crippen LogP contribution in [-0.4, -0.2) is 46.5 Å². The van der Waals surface area contributed by atoms with Crippen molar-refractivity contribution >= 4 is 26.7 Å². The summed E-state index contributed by atoms with van der Waals surface area (Å²) in [7, 11) is -4.44. The summed E-state index contributed by atoms with van der Waals surface area (Å²) < 4.78 is 30.0. The molecule has 0 aromatic carbocycles. The molecule has 0 bridgehead atoms. The van der Waals surface area contributed by atoms with E-state index in [9.17, 15) is 14.4 Å². The van der Waals surface area contributed by atoms with E-state index in [1.807, 2.05) is 0 Å². The predicted molar refractivity (Wildman–Crippen MR) is 96.5 cm³/mol. The summed E-state index contributed by atoms with van der Waals surface area (Å²) in [4.78, 5) is 36.3. The maximum Gasteiger partial charge on any atom is 0.735 e. The molecule has 0 aromatic rings. The van der Waals surface area contributed by atoms with Gasteiger partial charge in [0.15, 0.2) is 17.3 Å². The Morgan fingerprint density at radius 1 is 0.704 bits per heavy atom. The van der Waals surface area contributed by atoms with E-state index in [1.165, 1.54) is 0 Å². The van der Waals surface area contributed by atoms with Crippen LogP contribution in [0, 0.1) is 0 Å². The van der Waals surface area contributed by atoms with Crippen LogP contribution in [0.2, 0.25) is 0 Å². The highest BCUT2D eigenvalue weighted by Crippen LogP contribution is 2.18. The van der Waals surface area contributed by atoms with Crippen LogP contribution in [0.1, 0.15) is 20.8 Å². The molecule has 0 aliphatic rings. The molecule has 0 aromatic heterocycles. The molecule has 0 fully saturated rings. The summed E-state index contributed by atoms with van der Waals surface area (Å²) in [5.74, 6) is -4.45. The highest BCUT2D eigenvalue weighted by molar-refractivity contribution is 6.71. The van der Waals surface area contributed by atoms with E-state index in [0.29, 0.717) is 0 Å². The third-order valence-corrected chi connectivity index (χ3v) is 4.50. The second kappa shape index (κ2) is 11.6. The second-order valence-corrected chi connectivity index (χ2v) is 6.77. The summed E-state index contributed by atoms with van der Waals surface area (Å²) in [5.41, 5.74) is 0.901. The number of carbonyl (C=O) groups excluding carboxylic acids is 3. The van der Waals surface area contributed by atoms with Gasteiger partial charge in [-0.2, -0.15) is 0 Å². The number of ether oxygens (including phenoxy) is 3. The molecule has 0 saturated heterocycles. The van der Waals surface area contributed by atoms with Gasteiger partial charge in [-0.15, -0.1) is 0 Å². The van der Waals surface area contributed by atoms with E-state index >= 15 is 0 Å². The van der Waals surface area contributed by atoms with Gasteiger partial charge >= 0.3 is 26.7 Å². The Morgan fingerprint density at radius 2 is 0.963 bits per heavy atom. The van der Waals surface area contributed by atoms with E-state index in [0.717, 1.165) is 5.70 Å². The molecule has 0 heterocycles. The molecule has 0 rings (SSSR count). The first-order valence-electron chi connectivity index (χ1n) is 7.94. The van der Waals surface area contributed by atoms with Crippen LogP contribution in [0.5, 0.6) is 0 Å². The lowest BCUT2D eigenvalue weighted by molar-refractivity contribution is -0.149. The van der Waals surface area contributed by atoms with Crippen LogP contribution in [-0.2, 0) is 41.9 Å². The van der Waals surface area contributed by atoms with Gasteiger partial charge in [0.1, 0.15) is 0 Å². The van der Waals surface area contributed by atoms with Gasteiger partial charge in [0.2, 0.25) is 0 Å². The van der Waals surface area contributed by atoms with Crippen molar-refractivity contribution in [1.82, 2.24) is 0 Å². The largest absolute Gasteiger partial charge is 0.735 e. The number of hydrogen-bond acceptors (Lipinski definition) is 9. The molecule has 0 amide bonds. The molecular weight excluding hydrogens is 376 g/mol. The van der Waals surface area contributed by atoms with E-state index in [4.69, 9.17) is 27.5 Å². The maximum absolute atomic E-state index is 12.1. The van der Waals surface area contributed by atoms with Crippen LogP contribution in [0.4, 0.5) is 0 Å². The Bertz CT molecular complexity index is 545. The first kappa shape index (κ1) is 24.0. The van der Waals surface area contributed by atoms with Crippen molar-refractivity contribution < 1.29 is 41.9 Å². The van der Waals surface area contributed by atoms with Gasteiger partial charge in [-0.3, -0.25) is 0 Å². The lowest BCUT2D eigenvalue weighted by Crippen LogP contribution is -2.49. The normalized spacial score (nSPS) is 10.0. The lowest BCUT2D eigenvalue weighted by Gasteiger charge is -2.25. The van der Waals surface area contributed by atoms with Crippen LogP contribution in [0.15, 0.2) is 49.3 Å². The molecule has 0 aliphatic heterocycles. The zero-order valence-electron chi connectivity index (χ0n) is 15.7. The zero-order chi connectivity index (χ0) is 21.0. The Morgan fingerprint density at radius 3 is 1.15 bits per heavy atom. The van der Waals surface area contributed by atoms with Crippen LogP contribution >= 0.6 is 0 Å². The predicted octanol–water partition coefficient (Wildman–Crippen LogP) is 1.93. The molecule has 0 saturated carbocycles. The number of rotatable bonds is 13. The summed E-state index contributed by atoms with van der Waals surface area (Å²) >= 11 is 0. The van der Waals surface area contributed by atoms with Crippen molar-refractivity contribution in [2.75, 3.05) is 19.8 Å². The monoisotopic (exact) mass is 400 g/mol. The molecule has 10 heteroatoms. The topological polar surface area (TPSA) is 107 Å². The van der Waals surface area contributed by atoms with Gasteiger partial charge in [-0.1, -0.05) is 6.58 Å². The summed E-state index contributed by atoms with van der Waals surface area (Å²) in [6.07, 6.45) is 0. The Labute approximate surface area is 159 Å². The third kappa shape index (κ3) is 7.82. The molecule has 0 spiro atoms. The number of hydrogen-bond donors (Lipinski definition) is 0. The van der Waals surface area contributed by atoms with Crippen molar-refractivity contribution in [1.29, 1.82) is 0 Å². The summed E-state index contributed by atoms with van der Waals surface area (Å²) in [5, 5.41) is 0. The fourth-order valence-electron chi connectivity index (χ4n) is 1.45. The average molecular weight is 400 g/mol. The fraction of sp³-hybridized carbons (Fsp3) is 0.353. The van der Waals surface area contributed by atoms with Gasteiger partial charge in [0, 0.05) is 5.70 Å². The average Bonchev–Trinajstić information content (AvgIpc) is 2.61. The van der Waals surface area contributed by atoms with Gasteiger partial charge < -0.3 is 27.5 Å². The minimum absolute atomic E-state index is 0.137. The van der Waals surface area contributed by atoms with E-state index in [-0.39, 0.29) is 37.1 Å².